The topological polar surface area (TPSA) is 71.0 Å². The molecule has 0 radical (unpaired) electrons. The Morgan fingerprint density at radius 2 is 2.14 bits per heavy atom. The van der Waals surface area contributed by atoms with Crippen molar-refractivity contribution in [2.24, 2.45) is 0 Å². The second-order valence-electron chi connectivity index (χ2n) is 4.75. The maximum Gasteiger partial charge on any atom is 0.273 e. The van der Waals surface area contributed by atoms with E-state index < -0.39 is 0 Å². The lowest BCUT2D eigenvalue weighted by Gasteiger charge is -2.10. The third-order valence-corrected chi connectivity index (χ3v) is 3.82. The maximum atomic E-state index is 11.8. The van der Waals surface area contributed by atoms with Crippen LogP contribution in [0.1, 0.15) is 28.1 Å². The molecular weight excluding hydrogens is 286 g/mol. The zero-order valence-electron chi connectivity index (χ0n) is 12.5. The summed E-state index contributed by atoms with van der Waals surface area (Å²) in [6.07, 6.45) is 4.88. The average molecular weight is 305 g/mol. The van der Waals surface area contributed by atoms with Gasteiger partial charge in [-0.3, -0.25) is 9.78 Å². The minimum atomic E-state index is -0.154. The van der Waals surface area contributed by atoms with Crippen LogP contribution in [0.4, 0.5) is 5.82 Å². The van der Waals surface area contributed by atoms with Crippen molar-refractivity contribution in [2.75, 3.05) is 26.0 Å². The van der Waals surface area contributed by atoms with Crippen molar-refractivity contribution >= 4 is 23.1 Å². The molecule has 2 aromatic rings. The van der Waals surface area contributed by atoms with Crippen LogP contribution in [0.3, 0.4) is 0 Å². The molecule has 7 heteroatoms. The van der Waals surface area contributed by atoms with Crippen molar-refractivity contribution in [3.8, 4) is 0 Å². The van der Waals surface area contributed by atoms with Crippen LogP contribution < -0.4 is 5.32 Å². The number of nitrogens with one attached hydrogen (secondary N) is 1. The number of aromatic nitrogens is 3. The van der Waals surface area contributed by atoms with Crippen LogP contribution in [-0.4, -0.2) is 46.4 Å². The fourth-order valence-corrected chi connectivity index (χ4v) is 2.59. The van der Waals surface area contributed by atoms with Gasteiger partial charge < -0.3 is 10.2 Å². The summed E-state index contributed by atoms with van der Waals surface area (Å²) in [6.45, 7) is 2.81. The second-order valence-corrected chi connectivity index (χ2v) is 5.69. The summed E-state index contributed by atoms with van der Waals surface area (Å²) >= 11 is 1.67. The van der Waals surface area contributed by atoms with E-state index in [-0.39, 0.29) is 5.91 Å². The van der Waals surface area contributed by atoms with Crippen molar-refractivity contribution < 1.29 is 4.79 Å². The van der Waals surface area contributed by atoms with Gasteiger partial charge in [0.05, 0.1) is 23.1 Å². The summed E-state index contributed by atoms with van der Waals surface area (Å²) in [5, 5.41) is 6.37. The Morgan fingerprint density at radius 1 is 1.33 bits per heavy atom. The molecule has 2 heterocycles. The molecule has 0 bridgehead atoms. The quantitative estimate of drug-likeness (QED) is 0.882. The third kappa shape index (κ3) is 4.22. The average Bonchev–Trinajstić information content (AvgIpc) is 2.94. The third-order valence-electron chi connectivity index (χ3n) is 2.87. The normalized spacial score (nSPS) is 10.4. The molecule has 112 valence electrons. The lowest BCUT2D eigenvalue weighted by molar-refractivity contribution is 0.0821. The van der Waals surface area contributed by atoms with Gasteiger partial charge in [-0.05, 0) is 6.42 Å². The highest BCUT2D eigenvalue weighted by atomic mass is 32.1. The Labute approximate surface area is 128 Å². The van der Waals surface area contributed by atoms with Gasteiger partial charge in [0, 0.05) is 32.4 Å². The van der Waals surface area contributed by atoms with Gasteiger partial charge in [0.25, 0.3) is 5.91 Å². The Kier molecular flexibility index (Phi) is 5.21. The molecule has 0 saturated heterocycles. The number of hydrogen-bond acceptors (Lipinski definition) is 6. The Hall–Kier alpha value is -2.02. The van der Waals surface area contributed by atoms with E-state index in [9.17, 15) is 4.79 Å². The molecule has 0 aliphatic carbocycles. The van der Waals surface area contributed by atoms with E-state index in [0.29, 0.717) is 18.1 Å². The highest BCUT2D eigenvalue weighted by molar-refractivity contribution is 7.09. The second kappa shape index (κ2) is 7.12. The van der Waals surface area contributed by atoms with Gasteiger partial charge in [-0.1, -0.05) is 6.92 Å². The summed E-state index contributed by atoms with van der Waals surface area (Å²) in [6, 6.07) is 0. The molecule has 6 nitrogen and oxygen atoms in total. The van der Waals surface area contributed by atoms with Crippen LogP contribution in [0.2, 0.25) is 0 Å². The first-order chi connectivity index (χ1) is 10.1. The molecule has 0 unspecified atom stereocenters. The highest BCUT2D eigenvalue weighted by Gasteiger charge is 2.10. The van der Waals surface area contributed by atoms with Gasteiger partial charge in [-0.2, -0.15) is 0 Å². The lowest BCUT2D eigenvalue weighted by Crippen LogP contribution is -2.23. The van der Waals surface area contributed by atoms with Crippen molar-refractivity contribution in [1.82, 2.24) is 19.9 Å². The SMILES string of the molecule is CCc1csc(CCNc2cncc(C(=O)N(C)C)n2)n1. The van der Waals surface area contributed by atoms with Gasteiger partial charge in [0.2, 0.25) is 0 Å². The van der Waals surface area contributed by atoms with Crippen LogP contribution in [0, 0.1) is 0 Å². The first-order valence-electron chi connectivity index (χ1n) is 6.81. The molecule has 1 amide bonds. The van der Waals surface area contributed by atoms with Crippen molar-refractivity contribution in [3.63, 3.8) is 0 Å². The molecule has 0 aliphatic heterocycles. The summed E-state index contributed by atoms with van der Waals surface area (Å²) in [5.74, 6) is 0.452. The Morgan fingerprint density at radius 3 is 2.81 bits per heavy atom. The van der Waals surface area contributed by atoms with Gasteiger partial charge in [0.15, 0.2) is 0 Å². The molecule has 0 aliphatic rings. The van der Waals surface area contributed by atoms with Crippen LogP contribution in [-0.2, 0) is 12.8 Å². The number of anilines is 1. The van der Waals surface area contributed by atoms with Crippen LogP contribution in [0.25, 0.3) is 0 Å². The van der Waals surface area contributed by atoms with E-state index in [1.54, 1.807) is 31.6 Å². The van der Waals surface area contributed by atoms with Crippen LogP contribution in [0.15, 0.2) is 17.8 Å². The first-order valence-corrected chi connectivity index (χ1v) is 7.69. The first kappa shape index (κ1) is 15.4. The number of thiazole rings is 1. The monoisotopic (exact) mass is 305 g/mol. The summed E-state index contributed by atoms with van der Waals surface area (Å²) < 4.78 is 0. The highest BCUT2D eigenvalue weighted by Crippen LogP contribution is 2.11. The molecule has 0 fully saturated rings. The molecule has 0 spiro atoms. The van der Waals surface area contributed by atoms with E-state index in [1.807, 2.05) is 0 Å². The van der Waals surface area contributed by atoms with Gasteiger partial charge in [-0.15, -0.1) is 11.3 Å². The molecule has 2 rings (SSSR count). The van der Waals surface area contributed by atoms with Crippen molar-refractivity contribution in [3.05, 3.63) is 34.2 Å². The van der Waals surface area contributed by atoms with Crippen LogP contribution in [0.5, 0.6) is 0 Å². The number of amides is 1. The minimum absolute atomic E-state index is 0.154. The van der Waals surface area contributed by atoms with Crippen molar-refractivity contribution in [1.29, 1.82) is 0 Å². The number of carbonyl (C=O) groups excluding carboxylic acids is 1. The molecule has 0 saturated carbocycles. The molecular formula is C14H19N5OS. The fraction of sp³-hybridized carbons (Fsp3) is 0.429. The van der Waals surface area contributed by atoms with E-state index in [0.717, 1.165) is 23.5 Å². The fourth-order valence-electron chi connectivity index (χ4n) is 1.71. The van der Waals surface area contributed by atoms with Crippen LogP contribution >= 0.6 is 11.3 Å². The zero-order chi connectivity index (χ0) is 15.2. The predicted molar refractivity (Wildman–Crippen MR) is 83.7 cm³/mol. The number of hydrogen-bond donors (Lipinski definition) is 1. The molecule has 0 aromatic carbocycles. The Balaban J connectivity index is 1.91. The summed E-state index contributed by atoms with van der Waals surface area (Å²) in [5.41, 5.74) is 1.47. The van der Waals surface area contributed by atoms with E-state index >= 15 is 0 Å². The summed E-state index contributed by atoms with van der Waals surface area (Å²) in [4.78, 5) is 26.1. The van der Waals surface area contributed by atoms with E-state index in [1.165, 1.54) is 11.1 Å². The molecule has 21 heavy (non-hydrogen) atoms. The number of nitrogens with zero attached hydrogens (tertiary/aromatic N) is 4. The van der Waals surface area contributed by atoms with Gasteiger partial charge in [0.1, 0.15) is 11.5 Å². The maximum absolute atomic E-state index is 11.8. The smallest absolute Gasteiger partial charge is 0.273 e. The number of carbonyl (C=O) groups is 1. The molecule has 0 atom stereocenters. The van der Waals surface area contributed by atoms with E-state index in [4.69, 9.17) is 0 Å². The summed E-state index contributed by atoms with van der Waals surface area (Å²) in [7, 11) is 3.38. The standard InChI is InChI=1S/C14H19N5OS/c1-4-10-9-21-13(17-10)5-6-16-12-8-15-7-11(18-12)14(20)19(2)3/h7-9H,4-6H2,1-3H3,(H,16,18). The van der Waals surface area contributed by atoms with E-state index in [2.05, 4.69) is 32.6 Å². The zero-order valence-corrected chi connectivity index (χ0v) is 13.3. The predicted octanol–water partition coefficient (Wildman–Crippen LogP) is 1.85. The van der Waals surface area contributed by atoms with Crippen molar-refractivity contribution in [2.45, 2.75) is 19.8 Å². The molecule has 2 aromatic heterocycles. The largest absolute Gasteiger partial charge is 0.368 e. The number of aryl methyl sites for hydroxylation is 1. The number of rotatable bonds is 6. The van der Waals surface area contributed by atoms with Gasteiger partial charge >= 0.3 is 0 Å². The molecule has 1 N–H and O–H groups in total. The minimum Gasteiger partial charge on any atom is -0.368 e. The Bertz CT molecular complexity index is 611. The van der Waals surface area contributed by atoms with Gasteiger partial charge in [-0.25, -0.2) is 9.97 Å². The lowest BCUT2D eigenvalue weighted by atomic mass is 10.4.